The molecule has 1 heterocycles. The fraction of sp³-hybridized carbons (Fsp3) is 0.333. The highest BCUT2D eigenvalue weighted by Gasteiger charge is 2.23. The van der Waals surface area contributed by atoms with Gasteiger partial charge in [0.05, 0.1) is 0 Å². The first-order chi connectivity index (χ1) is 10.7. The van der Waals surface area contributed by atoms with Crippen LogP contribution in [-0.4, -0.2) is 26.2 Å². The molecule has 22 heavy (non-hydrogen) atoms. The Kier molecular flexibility index (Phi) is 5.37. The molecule has 2 nitrogen and oxygen atoms in total. The molecule has 0 amide bonds. The highest BCUT2D eigenvalue weighted by molar-refractivity contribution is 6.30. The van der Waals surface area contributed by atoms with E-state index in [1.54, 1.807) is 9.80 Å². The molecule has 0 saturated carbocycles. The van der Waals surface area contributed by atoms with Crippen molar-refractivity contribution in [3.05, 3.63) is 69.7 Å². The molecular formula is C18H22Cl2N2+2. The van der Waals surface area contributed by atoms with E-state index in [-0.39, 0.29) is 0 Å². The number of hydrogen-bond donors (Lipinski definition) is 2. The van der Waals surface area contributed by atoms with Gasteiger partial charge in [-0.3, -0.25) is 0 Å². The van der Waals surface area contributed by atoms with Crippen LogP contribution in [0.15, 0.2) is 48.5 Å². The molecular weight excluding hydrogens is 315 g/mol. The van der Waals surface area contributed by atoms with E-state index in [1.165, 1.54) is 37.3 Å². The Bertz CT molecular complexity index is 566. The summed E-state index contributed by atoms with van der Waals surface area (Å²) < 4.78 is 0. The van der Waals surface area contributed by atoms with Crippen molar-refractivity contribution < 1.29 is 9.80 Å². The van der Waals surface area contributed by atoms with Gasteiger partial charge in [-0.1, -0.05) is 47.5 Å². The van der Waals surface area contributed by atoms with Crippen molar-refractivity contribution in [2.75, 3.05) is 26.2 Å². The summed E-state index contributed by atoms with van der Waals surface area (Å²) >= 11 is 12.1. The van der Waals surface area contributed by atoms with E-state index >= 15 is 0 Å². The molecule has 0 radical (unpaired) electrons. The van der Waals surface area contributed by atoms with Gasteiger partial charge in [-0.2, -0.15) is 0 Å². The summed E-state index contributed by atoms with van der Waals surface area (Å²) in [5, 5.41) is 1.67. The Morgan fingerprint density at radius 1 is 0.682 bits per heavy atom. The van der Waals surface area contributed by atoms with E-state index in [2.05, 4.69) is 24.3 Å². The lowest BCUT2D eigenvalue weighted by Gasteiger charge is -2.29. The first kappa shape index (κ1) is 15.8. The second-order valence-electron chi connectivity index (χ2n) is 6.11. The number of hydrogen-bond acceptors (Lipinski definition) is 0. The summed E-state index contributed by atoms with van der Waals surface area (Å²) in [4.78, 5) is 3.30. The zero-order valence-corrected chi connectivity index (χ0v) is 14.1. The highest BCUT2D eigenvalue weighted by atomic mass is 35.5. The second-order valence-corrected chi connectivity index (χ2v) is 6.99. The van der Waals surface area contributed by atoms with Gasteiger partial charge in [0.15, 0.2) is 0 Å². The maximum atomic E-state index is 6.06. The molecule has 116 valence electrons. The molecule has 4 heteroatoms. The Hall–Kier alpha value is -1.06. The van der Waals surface area contributed by atoms with E-state index in [0.717, 1.165) is 23.1 Å². The van der Waals surface area contributed by atoms with Gasteiger partial charge in [-0.25, -0.2) is 0 Å². The molecule has 0 spiro atoms. The third kappa shape index (κ3) is 4.47. The number of rotatable bonds is 4. The predicted molar refractivity (Wildman–Crippen MR) is 91.7 cm³/mol. The Morgan fingerprint density at radius 3 is 1.45 bits per heavy atom. The number of quaternary nitrogens is 2. The van der Waals surface area contributed by atoms with Crippen LogP contribution in [0.4, 0.5) is 0 Å². The molecule has 2 aromatic rings. The van der Waals surface area contributed by atoms with E-state index in [4.69, 9.17) is 23.2 Å². The minimum absolute atomic E-state index is 0.835. The number of halogens is 2. The van der Waals surface area contributed by atoms with Crippen LogP contribution in [0.2, 0.25) is 10.0 Å². The average Bonchev–Trinajstić information content (AvgIpc) is 2.49. The third-order valence-corrected chi connectivity index (χ3v) is 4.82. The fourth-order valence-electron chi connectivity index (χ4n) is 3.18. The lowest BCUT2D eigenvalue weighted by molar-refractivity contribution is -1.02. The molecule has 1 aliphatic heterocycles. The molecule has 3 rings (SSSR count). The highest BCUT2D eigenvalue weighted by Crippen LogP contribution is 2.10. The van der Waals surface area contributed by atoms with Gasteiger partial charge in [0.2, 0.25) is 0 Å². The van der Waals surface area contributed by atoms with Crippen LogP contribution in [0.3, 0.4) is 0 Å². The molecule has 0 atom stereocenters. The van der Waals surface area contributed by atoms with Crippen molar-refractivity contribution in [3.8, 4) is 0 Å². The van der Waals surface area contributed by atoms with Crippen molar-refractivity contribution >= 4 is 23.2 Å². The van der Waals surface area contributed by atoms with Gasteiger partial charge < -0.3 is 9.80 Å². The van der Waals surface area contributed by atoms with Crippen LogP contribution in [0, 0.1) is 0 Å². The van der Waals surface area contributed by atoms with Gasteiger partial charge in [0.1, 0.15) is 39.3 Å². The largest absolute Gasteiger partial charge is 0.322 e. The van der Waals surface area contributed by atoms with Gasteiger partial charge in [-0.05, 0) is 24.3 Å². The maximum absolute atomic E-state index is 6.06. The van der Waals surface area contributed by atoms with Crippen molar-refractivity contribution in [1.29, 1.82) is 0 Å². The monoisotopic (exact) mass is 336 g/mol. The third-order valence-electron chi connectivity index (χ3n) is 4.35. The van der Waals surface area contributed by atoms with Gasteiger partial charge >= 0.3 is 0 Å². The van der Waals surface area contributed by atoms with Crippen LogP contribution < -0.4 is 9.80 Å². The first-order valence-electron chi connectivity index (χ1n) is 7.85. The van der Waals surface area contributed by atoms with E-state index in [0.29, 0.717) is 0 Å². The van der Waals surface area contributed by atoms with E-state index < -0.39 is 0 Å². The smallest absolute Gasteiger partial charge is 0.127 e. The van der Waals surface area contributed by atoms with Crippen LogP contribution in [0.5, 0.6) is 0 Å². The summed E-state index contributed by atoms with van der Waals surface area (Å²) in [5.41, 5.74) is 2.67. The minimum atomic E-state index is 0.835. The lowest BCUT2D eigenvalue weighted by atomic mass is 10.1. The Balaban J connectivity index is 1.50. The van der Waals surface area contributed by atoms with Crippen LogP contribution in [0.1, 0.15) is 11.1 Å². The second kappa shape index (κ2) is 7.47. The minimum Gasteiger partial charge on any atom is -0.322 e. The maximum Gasteiger partial charge on any atom is 0.127 e. The summed E-state index contributed by atoms with van der Waals surface area (Å²) in [6.45, 7) is 6.99. The number of piperazine rings is 1. The average molecular weight is 337 g/mol. The quantitative estimate of drug-likeness (QED) is 0.836. The van der Waals surface area contributed by atoms with Crippen molar-refractivity contribution in [1.82, 2.24) is 0 Å². The molecule has 1 aliphatic rings. The van der Waals surface area contributed by atoms with Crippen molar-refractivity contribution in [3.63, 3.8) is 0 Å². The zero-order valence-electron chi connectivity index (χ0n) is 12.6. The molecule has 1 fully saturated rings. The molecule has 2 aromatic carbocycles. The Morgan fingerprint density at radius 2 is 1.09 bits per heavy atom. The van der Waals surface area contributed by atoms with Gasteiger partial charge in [0, 0.05) is 21.2 Å². The van der Waals surface area contributed by atoms with Crippen molar-refractivity contribution in [2.24, 2.45) is 0 Å². The van der Waals surface area contributed by atoms with Crippen LogP contribution in [-0.2, 0) is 13.1 Å². The standard InChI is InChI=1S/C18H20Cl2N2/c19-17-5-1-3-15(11-17)13-21-7-9-22(10-8-21)14-16-4-2-6-18(20)12-16/h1-6,11-12H,7-10,13-14H2/p+2. The molecule has 0 aromatic heterocycles. The van der Waals surface area contributed by atoms with Crippen LogP contribution in [0.25, 0.3) is 0 Å². The lowest BCUT2D eigenvalue weighted by Crippen LogP contribution is -3.27. The molecule has 0 unspecified atom stereocenters. The SMILES string of the molecule is Clc1cccc(C[NH+]2CC[NH+](Cc3cccc(Cl)c3)CC2)c1. The number of nitrogens with one attached hydrogen (secondary N) is 2. The molecule has 2 N–H and O–H groups in total. The fourth-order valence-corrected chi connectivity index (χ4v) is 3.61. The van der Waals surface area contributed by atoms with Gasteiger partial charge in [0.25, 0.3) is 0 Å². The summed E-state index contributed by atoms with van der Waals surface area (Å²) in [7, 11) is 0. The summed E-state index contributed by atoms with van der Waals surface area (Å²) in [6.07, 6.45) is 0. The Labute approximate surface area is 142 Å². The van der Waals surface area contributed by atoms with Gasteiger partial charge in [-0.15, -0.1) is 0 Å². The predicted octanol–water partition coefficient (Wildman–Crippen LogP) is 1.48. The zero-order chi connectivity index (χ0) is 15.4. The van der Waals surface area contributed by atoms with E-state index in [9.17, 15) is 0 Å². The summed E-state index contributed by atoms with van der Waals surface area (Å²) in [5.74, 6) is 0. The van der Waals surface area contributed by atoms with Crippen molar-refractivity contribution in [2.45, 2.75) is 13.1 Å². The first-order valence-corrected chi connectivity index (χ1v) is 8.61. The molecule has 0 aliphatic carbocycles. The van der Waals surface area contributed by atoms with E-state index in [1.807, 2.05) is 24.3 Å². The number of benzene rings is 2. The van der Waals surface area contributed by atoms with Crippen LogP contribution >= 0.6 is 23.2 Å². The topological polar surface area (TPSA) is 8.88 Å². The normalized spacial score (nSPS) is 21.7. The molecule has 0 bridgehead atoms. The molecule has 1 saturated heterocycles. The summed E-state index contributed by atoms with van der Waals surface area (Å²) in [6, 6.07) is 16.5.